The van der Waals surface area contributed by atoms with Crippen molar-refractivity contribution in [3.05, 3.63) is 43.0 Å². The molecule has 7 nitrogen and oxygen atoms in total. The molecule has 0 spiro atoms. The Morgan fingerprint density at radius 1 is 1.30 bits per heavy atom. The van der Waals surface area contributed by atoms with Crippen molar-refractivity contribution in [2.75, 3.05) is 5.32 Å². The molecule has 2 rings (SSSR count). The van der Waals surface area contributed by atoms with E-state index in [2.05, 4.69) is 10.3 Å². The maximum Gasteiger partial charge on any atom is 0.238 e. The van der Waals surface area contributed by atoms with Gasteiger partial charge in [0, 0.05) is 31.0 Å². The van der Waals surface area contributed by atoms with Gasteiger partial charge in [0.25, 0.3) is 0 Å². The standard InChI is InChI=1S/C12H14N4O3S/c13-20(18,19)11-3-1-10(2-4-11)15-12(17)5-7-16-8-6-14-9-16/h1-4,6,8-9H,5,7H2,(H,15,17)(H2,13,18,19). The van der Waals surface area contributed by atoms with Crippen LogP contribution >= 0.6 is 0 Å². The van der Waals surface area contributed by atoms with E-state index >= 15 is 0 Å². The average molecular weight is 294 g/mol. The summed E-state index contributed by atoms with van der Waals surface area (Å²) in [5, 5.41) is 7.66. The second-order valence-electron chi connectivity index (χ2n) is 4.17. The number of rotatable bonds is 5. The highest BCUT2D eigenvalue weighted by atomic mass is 32.2. The monoisotopic (exact) mass is 294 g/mol. The van der Waals surface area contributed by atoms with Crippen LogP contribution in [0.25, 0.3) is 0 Å². The fourth-order valence-electron chi connectivity index (χ4n) is 1.60. The van der Waals surface area contributed by atoms with Crippen molar-refractivity contribution < 1.29 is 13.2 Å². The molecule has 0 saturated heterocycles. The van der Waals surface area contributed by atoms with E-state index in [-0.39, 0.29) is 10.8 Å². The highest BCUT2D eigenvalue weighted by Gasteiger charge is 2.08. The predicted octanol–water partition coefficient (Wildman–Crippen LogP) is 0.559. The lowest BCUT2D eigenvalue weighted by molar-refractivity contribution is -0.116. The molecule has 0 bridgehead atoms. The number of hydrogen-bond acceptors (Lipinski definition) is 4. The molecule has 0 radical (unpaired) electrons. The number of nitrogens with one attached hydrogen (secondary N) is 1. The quantitative estimate of drug-likeness (QED) is 0.840. The lowest BCUT2D eigenvalue weighted by atomic mass is 10.3. The maximum absolute atomic E-state index is 11.7. The molecule has 0 aliphatic rings. The number of primary sulfonamides is 1. The van der Waals surface area contributed by atoms with Gasteiger partial charge in [0.1, 0.15) is 0 Å². The molecule has 20 heavy (non-hydrogen) atoms. The summed E-state index contributed by atoms with van der Waals surface area (Å²) >= 11 is 0. The first-order valence-corrected chi connectivity index (χ1v) is 7.38. The van der Waals surface area contributed by atoms with Crippen molar-refractivity contribution in [3.63, 3.8) is 0 Å². The van der Waals surface area contributed by atoms with Gasteiger partial charge in [-0.1, -0.05) is 0 Å². The lowest BCUT2D eigenvalue weighted by Gasteiger charge is -2.06. The van der Waals surface area contributed by atoms with E-state index in [1.165, 1.54) is 24.3 Å². The lowest BCUT2D eigenvalue weighted by Crippen LogP contribution is -2.15. The van der Waals surface area contributed by atoms with E-state index in [9.17, 15) is 13.2 Å². The minimum Gasteiger partial charge on any atom is -0.337 e. The zero-order valence-corrected chi connectivity index (χ0v) is 11.4. The second-order valence-corrected chi connectivity index (χ2v) is 5.73. The van der Waals surface area contributed by atoms with Crippen LogP contribution in [0.3, 0.4) is 0 Å². The number of benzene rings is 1. The molecule has 106 valence electrons. The Hall–Kier alpha value is -2.19. The van der Waals surface area contributed by atoms with Gasteiger partial charge in [-0.15, -0.1) is 0 Å². The summed E-state index contributed by atoms with van der Waals surface area (Å²) in [6.07, 6.45) is 5.35. The average Bonchev–Trinajstić information content (AvgIpc) is 2.89. The number of aromatic nitrogens is 2. The number of carbonyl (C=O) groups is 1. The van der Waals surface area contributed by atoms with Crippen molar-refractivity contribution >= 4 is 21.6 Å². The highest BCUT2D eigenvalue weighted by molar-refractivity contribution is 7.89. The van der Waals surface area contributed by atoms with Crippen LogP contribution in [0.1, 0.15) is 6.42 Å². The zero-order valence-electron chi connectivity index (χ0n) is 10.6. The summed E-state index contributed by atoms with van der Waals surface area (Å²) in [4.78, 5) is 15.6. The molecule has 0 fully saturated rings. The van der Waals surface area contributed by atoms with Gasteiger partial charge in [-0.2, -0.15) is 0 Å². The molecule has 0 aliphatic heterocycles. The Bertz CT molecular complexity index is 678. The van der Waals surface area contributed by atoms with Crippen molar-refractivity contribution in [3.8, 4) is 0 Å². The molecular formula is C12H14N4O3S. The first kappa shape index (κ1) is 14.2. The van der Waals surface area contributed by atoms with E-state index in [0.717, 1.165) is 0 Å². The van der Waals surface area contributed by atoms with Crippen LogP contribution in [0.2, 0.25) is 0 Å². The Labute approximate surface area is 116 Å². The molecule has 1 aromatic carbocycles. The van der Waals surface area contributed by atoms with Gasteiger partial charge in [0.2, 0.25) is 15.9 Å². The Morgan fingerprint density at radius 3 is 2.55 bits per heavy atom. The Morgan fingerprint density at radius 2 is 2.00 bits per heavy atom. The summed E-state index contributed by atoms with van der Waals surface area (Å²) < 4.78 is 24.0. The maximum atomic E-state index is 11.7. The largest absolute Gasteiger partial charge is 0.337 e. The predicted molar refractivity (Wildman–Crippen MR) is 73.3 cm³/mol. The second kappa shape index (κ2) is 5.85. The Kier molecular flexibility index (Phi) is 4.16. The third-order valence-electron chi connectivity index (χ3n) is 2.62. The number of sulfonamides is 1. The van der Waals surface area contributed by atoms with E-state index in [1.807, 2.05) is 0 Å². The molecule has 1 amide bonds. The summed E-state index contributed by atoms with van der Waals surface area (Å²) in [5.74, 6) is -0.165. The number of hydrogen-bond donors (Lipinski definition) is 2. The fourth-order valence-corrected chi connectivity index (χ4v) is 2.12. The fraction of sp³-hybridized carbons (Fsp3) is 0.167. The van der Waals surface area contributed by atoms with Crippen LogP contribution in [-0.2, 0) is 21.4 Å². The minimum absolute atomic E-state index is 0.00825. The molecule has 3 N–H and O–H groups in total. The van der Waals surface area contributed by atoms with Crippen LogP contribution in [0.4, 0.5) is 5.69 Å². The topological polar surface area (TPSA) is 107 Å². The van der Waals surface area contributed by atoms with Crippen LogP contribution in [0.15, 0.2) is 47.9 Å². The number of anilines is 1. The van der Waals surface area contributed by atoms with Crippen molar-refractivity contribution in [2.24, 2.45) is 5.14 Å². The number of nitrogens with two attached hydrogens (primary N) is 1. The molecule has 2 aromatic rings. The summed E-state index contributed by atoms with van der Waals surface area (Å²) in [6, 6.07) is 5.69. The molecule has 0 aliphatic carbocycles. The Balaban J connectivity index is 1.91. The summed E-state index contributed by atoms with van der Waals surface area (Å²) in [7, 11) is -3.71. The van der Waals surface area contributed by atoms with Crippen molar-refractivity contribution in [2.45, 2.75) is 17.9 Å². The van der Waals surface area contributed by atoms with E-state index in [0.29, 0.717) is 18.7 Å². The van der Waals surface area contributed by atoms with Gasteiger partial charge in [0.15, 0.2) is 0 Å². The van der Waals surface area contributed by atoms with Crippen LogP contribution in [-0.4, -0.2) is 23.9 Å². The molecule has 1 aromatic heterocycles. The van der Waals surface area contributed by atoms with Crippen LogP contribution in [0.5, 0.6) is 0 Å². The number of carbonyl (C=O) groups excluding carboxylic acids is 1. The molecule has 1 heterocycles. The smallest absolute Gasteiger partial charge is 0.238 e. The normalized spacial score (nSPS) is 11.2. The third kappa shape index (κ3) is 3.90. The van der Waals surface area contributed by atoms with Crippen molar-refractivity contribution in [1.82, 2.24) is 9.55 Å². The van der Waals surface area contributed by atoms with Gasteiger partial charge in [-0.05, 0) is 24.3 Å². The van der Waals surface area contributed by atoms with Gasteiger partial charge in [-0.25, -0.2) is 18.5 Å². The molecule has 0 atom stereocenters. The van der Waals surface area contributed by atoms with Crippen molar-refractivity contribution in [1.29, 1.82) is 0 Å². The van der Waals surface area contributed by atoms with Gasteiger partial charge in [0.05, 0.1) is 11.2 Å². The summed E-state index contributed by atoms with van der Waals surface area (Å²) in [6.45, 7) is 0.529. The van der Waals surface area contributed by atoms with E-state index < -0.39 is 10.0 Å². The van der Waals surface area contributed by atoms with E-state index in [4.69, 9.17) is 5.14 Å². The van der Waals surface area contributed by atoms with Gasteiger partial charge < -0.3 is 9.88 Å². The highest BCUT2D eigenvalue weighted by Crippen LogP contribution is 2.12. The molecular weight excluding hydrogens is 280 g/mol. The van der Waals surface area contributed by atoms with Crippen LogP contribution in [0, 0.1) is 0 Å². The van der Waals surface area contributed by atoms with E-state index in [1.54, 1.807) is 23.3 Å². The number of imidazole rings is 1. The third-order valence-corrected chi connectivity index (χ3v) is 3.55. The van der Waals surface area contributed by atoms with Gasteiger partial charge in [-0.3, -0.25) is 4.79 Å². The number of aryl methyl sites for hydroxylation is 1. The van der Waals surface area contributed by atoms with Crippen LogP contribution < -0.4 is 10.5 Å². The summed E-state index contributed by atoms with van der Waals surface area (Å²) in [5.41, 5.74) is 0.521. The zero-order chi connectivity index (χ0) is 14.6. The molecule has 8 heteroatoms. The minimum atomic E-state index is -3.71. The number of nitrogens with zero attached hydrogens (tertiary/aromatic N) is 2. The molecule has 0 saturated carbocycles. The SMILES string of the molecule is NS(=O)(=O)c1ccc(NC(=O)CCn2ccnc2)cc1. The first-order chi connectivity index (χ1) is 9.45. The number of amides is 1. The molecule has 0 unspecified atom stereocenters. The first-order valence-electron chi connectivity index (χ1n) is 5.83. The van der Waals surface area contributed by atoms with Gasteiger partial charge >= 0.3 is 0 Å².